The second-order valence-corrected chi connectivity index (χ2v) is 12.8. The maximum Gasteiger partial charge on any atom is 0.0719 e. The average molecular weight is 591 g/mol. The number of fused-ring (bicyclic) bond motifs is 10. The first kappa shape index (κ1) is 24.8. The first-order chi connectivity index (χ1) is 22.3. The van der Waals surface area contributed by atoms with Gasteiger partial charge >= 0.3 is 0 Å². The molecular weight excluding hydrogens is 565 g/mol. The number of nitrogens with zero attached hydrogens (tertiary/aromatic N) is 2. The Morgan fingerprint density at radius 3 is 1.62 bits per heavy atom. The average Bonchev–Trinajstić information content (AvgIpc) is 3.76. The largest absolute Gasteiger partial charge is 0.309 e. The fraction of sp³-hybridized carbons (Fsp3) is 0. The van der Waals surface area contributed by atoms with Crippen molar-refractivity contribution in [1.29, 1.82) is 0 Å². The van der Waals surface area contributed by atoms with Crippen LogP contribution in [-0.4, -0.2) is 9.13 Å². The number of benzene rings is 7. The topological polar surface area (TPSA) is 9.86 Å². The van der Waals surface area contributed by atoms with Crippen LogP contribution in [0, 0.1) is 0 Å². The maximum absolute atomic E-state index is 2.46. The lowest BCUT2D eigenvalue weighted by Gasteiger charge is -2.09. The van der Waals surface area contributed by atoms with Crippen LogP contribution in [0.2, 0.25) is 0 Å². The molecule has 0 atom stereocenters. The summed E-state index contributed by atoms with van der Waals surface area (Å²) in [7, 11) is 0. The molecule has 0 saturated heterocycles. The summed E-state index contributed by atoms with van der Waals surface area (Å²) in [5, 5.41) is 7.75. The molecule has 0 bridgehead atoms. The summed E-state index contributed by atoms with van der Waals surface area (Å²) in [4.78, 5) is 0. The van der Waals surface area contributed by atoms with Crippen molar-refractivity contribution in [3.05, 3.63) is 158 Å². The summed E-state index contributed by atoms with van der Waals surface area (Å²) in [6.07, 6.45) is 0. The third kappa shape index (κ3) is 3.56. The van der Waals surface area contributed by atoms with Crippen molar-refractivity contribution < 1.29 is 0 Å². The fourth-order valence-electron chi connectivity index (χ4n) is 7.31. The van der Waals surface area contributed by atoms with Crippen molar-refractivity contribution in [2.75, 3.05) is 0 Å². The van der Waals surface area contributed by atoms with E-state index < -0.39 is 0 Å². The molecule has 0 spiro atoms. The second-order valence-electron chi connectivity index (χ2n) is 11.8. The molecule has 10 rings (SSSR count). The fourth-order valence-corrected chi connectivity index (χ4v) is 8.55. The smallest absolute Gasteiger partial charge is 0.0719 e. The van der Waals surface area contributed by atoms with E-state index in [1.54, 1.807) is 0 Å². The predicted octanol–water partition coefficient (Wildman–Crippen LogP) is 11.9. The lowest BCUT2D eigenvalue weighted by atomic mass is 10.0. The molecule has 3 heteroatoms. The van der Waals surface area contributed by atoms with E-state index in [0.717, 1.165) is 0 Å². The lowest BCUT2D eigenvalue weighted by molar-refractivity contribution is 1.18. The number of para-hydroxylation sites is 3. The number of hydrogen-bond acceptors (Lipinski definition) is 1. The summed E-state index contributed by atoms with van der Waals surface area (Å²) in [6.45, 7) is 0. The van der Waals surface area contributed by atoms with Gasteiger partial charge in [-0.15, -0.1) is 11.3 Å². The van der Waals surface area contributed by atoms with E-state index in [0.29, 0.717) is 0 Å². The highest BCUT2D eigenvalue weighted by Crippen LogP contribution is 2.44. The number of hydrogen-bond donors (Lipinski definition) is 0. The first-order valence-corrected chi connectivity index (χ1v) is 16.2. The Balaban J connectivity index is 1.24. The van der Waals surface area contributed by atoms with Crippen LogP contribution in [0.5, 0.6) is 0 Å². The van der Waals surface area contributed by atoms with E-state index in [1.807, 2.05) is 11.3 Å². The van der Waals surface area contributed by atoms with Gasteiger partial charge in [0, 0.05) is 48.4 Å². The molecule has 0 fully saturated rings. The molecule has 0 radical (unpaired) electrons. The van der Waals surface area contributed by atoms with Crippen molar-refractivity contribution in [2.45, 2.75) is 0 Å². The van der Waals surface area contributed by atoms with Crippen LogP contribution in [0.3, 0.4) is 0 Å². The summed E-state index contributed by atoms with van der Waals surface area (Å²) >= 11 is 1.90. The number of rotatable bonds is 3. The zero-order valence-corrected chi connectivity index (χ0v) is 25.1. The summed E-state index contributed by atoms with van der Waals surface area (Å²) in [5.74, 6) is 0. The molecule has 45 heavy (non-hydrogen) atoms. The second kappa shape index (κ2) is 9.43. The molecule has 3 aromatic heterocycles. The van der Waals surface area contributed by atoms with Crippen LogP contribution in [0.1, 0.15) is 0 Å². The van der Waals surface area contributed by atoms with Gasteiger partial charge in [0.1, 0.15) is 0 Å². The van der Waals surface area contributed by atoms with Crippen LogP contribution in [0.15, 0.2) is 158 Å². The third-order valence-corrected chi connectivity index (χ3v) is 10.5. The molecule has 3 heterocycles. The van der Waals surface area contributed by atoms with Gasteiger partial charge in [0.25, 0.3) is 0 Å². The molecule has 0 aliphatic carbocycles. The Hall–Kier alpha value is -5.64. The van der Waals surface area contributed by atoms with Gasteiger partial charge in [0.2, 0.25) is 0 Å². The Morgan fingerprint density at radius 1 is 0.356 bits per heavy atom. The molecule has 0 aliphatic rings. The Kier molecular flexibility index (Phi) is 5.19. The minimum absolute atomic E-state index is 1.18. The van der Waals surface area contributed by atoms with Gasteiger partial charge in [-0.2, -0.15) is 0 Å². The van der Waals surface area contributed by atoms with Gasteiger partial charge in [-0.3, -0.25) is 0 Å². The Labute approximate surface area is 263 Å². The monoisotopic (exact) mass is 590 g/mol. The molecule has 0 aliphatic heterocycles. The lowest BCUT2D eigenvalue weighted by Crippen LogP contribution is -1.93. The standard InChI is InChI=1S/C42H26N2S/c1-3-11-29(12-4-1)43-37-17-9-7-15-31(37)35-25-27(19-23-38(35)43)28-20-24-39-36(26-28)33-21-22-34-32-16-8-10-18-40(32)45-42(34)41(33)44(39)30-13-5-2-6-14-30/h1-26H. The number of aromatic nitrogens is 2. The molecule has 2 nitrogen and oxygen atoms in total. The van der Waals surface area contributed by atoms with Gasteiger partial charge in [-0.25, -0.2) is 0 Å². The van der Waals surface area contributed by atoms with Crippen LogP contribution < -0.4 is 0 Å². The highest BCUT2D eigenvalue weighted by Gasteiger charge is 2.19. The van der Waals surface area contributed by atoms with E-state index in [-0.39, 0.29) is 0 Å². The van der Waals surface area contributed by atoms with Crippen LogP contribution in [0.25, 0.3) is 86.3 Å². The van der Waals surface area contributed by atoms with Gasteiger partial charge in [-0.05, 0) is 71.8 Å². The van der Waals surface area contributed by atoms with Crippen molar-refractivity contribution in [2.24, 2.45) is 0 Å². The Morgan fingerprint density at radius 2 is 0.889 bits per heavy atom. The summed E-state index contributed by atoms with van der Waals surface area (Å²) < 4.78 is 7.50. The zero-order valence-electron chi connectivity index (χ0n) is 24.3. The van der Waals surface area contributed by atoms with E-state index >= 15 is 0 Å². The quantitative estimate of drug-likeness (QED) is 0.194. The van der Waals surface area contributed by atoms with Crippen LogP contribution in [-0.2, 0) is 0 Å². The van der Waals surface area contributed by atoms with Gasteiger partial charge in [0.15, 0.2) is 0 Å². The highest BCUT2D eigenvalue weighted by atomic mass is 32.1. The van der Waals surface area contributed by atoms with E-state index in [9.17, 15) is 0 Å². The normalized spacial score (nSPS) is 12.0. The Bertz CT molecular complexity index is 2740. The van der Waals surface area contributed by atoms with Crippen LogP contribution >= 0.6 is 11.3 Å². The maximum atomic E-state index is 2.46. The molecule has 210 valence electrons. The SMILES string of the molecule is c1ccc(-n2c3ccccc3c3cc(-c4ccc5c(c4)c4ccc6c7ccccc7sc6c4n5-c4ccccc4)ccc32)cc1. The molecule has 0 saturated carbocycles. The summed E-state index contributed by atoms with van der Waals surface area (Å²) in [5.41, 5.74) is 9.78. The summed E-state index contributed by atoms with van der Waals surface area (Å²) in [6, 6.07) is 57.6. The van der Waals surface area contributed by atoms with Crippen molar-refractivity contribution in [1.82, 2.24) is 9.13 Å². The molecule has 10 aromatic rings. The van der Waals surface area contributed by atoms with Gasteiger partial charge < -0.3 is 9.13 Å². The van der Waals surface area contributed by atoms with E-state index in [4.69, 9.17) is 0 Å². The molecule has 0 amide bonds. The van der Waals surface area contributed by atoms with Gasteiger partial charge in [0.05, 0.1) is 26.8 Å². The third-order valence-electron chi connectivity index (χ3n) is 9.31. The molecular formula is C42H26N2S. The van der Waals surface area contributed by atoms with Crippen LogP contribution in [0.4, 0.5) is 0 Å². The van der Waals surface area contributed by atoms with E-state index in [2.05, 4.69) is 167 Å². The minimum atomic E-state index is 1.18. The minimum Gasteiger partial charge on any atom is -0.309 e. The van der Waals surface area contributed by atoms with Gasteiger partial charge in [-0.1, -0.05) is 97.1 Å². The highest BCUT2D eigenvalue weighted by molar-refractivity contribution is 7.26. The molecule has 0 N–H and O–H groups in total. The first-order valence-electron chi connectivity index (χ1n) is 15.4. The van der Waals surface area contributed by atoms with Crippen molar-refractivity contribution in [3.63, 3.8) is 0 Å². The molecule has 7 aromatic carbocycles. The zero-order chi connectivity index (χ0) is 29.5. The van der Waals surface area contributed by atoms with Crippen molar-refractivity contribution >= 4 is 75.1 Å². The van der Waals surface area contributed by atoms with E-state index in [1.165, 1.54) is 86.3 Å². The predicted molar refractivity (Wildman–Crippen MR) is 193 cm³/mol. The number of thiophene rings is 1. The molecule has 0 unspecified atom stereocenters. The van der Waals surface area contributed by atoms with Crippen molar-refractivity contribution in [3.8, 4) is 22.5 Å².